The van der Waals surface area contributed by atoms with Crippen LogP contribution in [0.25, 0.3) is 0 Å². The van der Waals surface area contributed by atoms with Crippen molar-refractivity contribution in [3.8, 4) is 11.8 Å². The topological polar surface area (TPSA) is 136 Å². The standard InChI is InChI=1S/C32H38N8O4/c1-38(2)15-16-39(3)27-19-28(43-5)26(18-25(27)35-30(41)24(20-33)17-22-11-12-22)36-31-34-14-13-29(37-31)40(4)32(42)44-21-23-9-7-6-8-10-23/h6-10,13-14,17-19,22H,11-12,15-16,21H2,1-5H3,(H,35,41)(H,34,36,37)/b24-17+. The molecule has 1 aliphatic rings. The summed E-state index contributed by atoms with van der Waals surface area (Å²) in [5, 5.41) is 15.7. The number of methoxy groups -OCH3 is 1. The van der Waals surface area contributed by atoms with E-state index in [1.54, 1.807) is 38.4 Å². The molecule has 2 amide bonds. The van der Waals surface area contributed by atoms with Crippen molar-refractivity contribution >= 4 is 40.8 Å². The number of nitrogens with zero attached hydrogens (tertiary/aromatic N) is 6. The van der Waals surface area contributed by atoms with Crippen LogP contribution in [0, 0.1) is 17.2 Å². The van der Waals surface area contributed by atoms with Gasteiger partial charge in [0, 0.05) is 39.4 Å². The van der Waals surface area contributed by atoms with Gasteiger partial charge in [-0.15, -0.1) is 0 Å². The third kappa shape index (κ3) is 8.68. The zero-order valence-corrected chi connectivity index (χ0v) is 25.7. The number of ether oxygens (including phenoxy) is 2. The van der Waals surface area contributed by atoms with Gasteiger partial charge in [-0.25, -0.2) is 9.78 Å². The molecule has 1 aliphatic carbocycles. The summed E-state index contributed by atoms with van der Waals surface area (Å²) in [6, 6.07) is 16.5. The average molecular weight is 599 g/mol. The molecule has 0 aliphatic heterocycles. The maximum atomic E-state index is 13.1. The molecule has 12 nitrogen and oxygen atoms in total. The Morgan fingerprint density at radius 2 is 1.82 bits per heavy atom. The van der Waals surface area contributed by atoms with E-state index in [4.69, 9.17) is 9.47 Å². The molecule has 0 unspecified atom stereocenters. The van der Waals surface area contributed by atoms with Crippen LogP contribution in [0.1, 0.15) is 18.4 Å². The van der Waals surface area contributed by atoms with Gasteiger partial charge in [0.1, 0.15) is 29.8 Å². The molecule has 4 rings (SSSR count). The zero-order chi connectivity index (χ0) is 31.6. The van der Waals surface area contributed by atoms with Crippen LogP contribution >= 0.6 is 0 Å². The van der Waals surface area contributed by atoms with E-state index in [2.05, 4.69) is 25.5 Å². The van der Waals surface area contributed by atoms with E-state index in [1.807, 2.05) is 62.4 Å². The first-order valence-electron chi connectivity index (χ1n) is 14.2. The number of carbonyl (C=O) groups is 2. The molecule has 0 atom stereocenters. The molecule has 230 valence electrons. The molecule has 0 spiro atoms. The van der Waals surface area contributed by atoms with Gasteiger partial charge in [0.05, 0.1) is 24.2 Å². The SMILES string of the molecule is COc1cc(N(C)CCN(C)C)c(NC(=O)/C(C#N)=C/C2CC2)cc1Nc1nccc(N(C)C(=O)OCc2ccccc2)n1. The predicted octanol–water partition coefficient (Wildman–Crippen LogP) is 4.80. The quantitative estimate of drug-likeness (QED) is 0.209. The summed E-state index contributed by atoms with van der Waals surface area (Å²) in [7, 11) is 9.00. The molecule has 1 heterocycles. The van der Waals surface area contributed by atoms with Crippen molar-refractivity contribution in [3.05, 3.63) is 71.9 Å². The van der Waals surface area contributed by atoms with E-state index >= 15 is 0 Å². The molecular weight excluding hydrogens is 560 g/mol. The fraction of sp³-hybridized carbons (Fsp3) is 0.344. The Morgan fingerprint density at radius 1 is 1.07 bits per heavy atom. The highest BCUT2D eigenvalue weighted by molar-refractivity contribution is 6.08. The number of hydrogen-bond donors (Lipinski definition) is 2. The van der Waals surface area contributed by atoms with Gasteiger partial charge >= 0.3 is 6.09 Å². The van der Waals surface area contributed by atoms with Gasteiger partial charge in [-0.1, -0.05) is 36.4 Å². The number of rotatable bonds is 13. The molecule has 0 bridgehead atoms. The number of amides is 2. The molecule has 2 N–H and O–H groups in total. The van der Waals surface area contributed by atoms with Crippen molar-refractivity contribution in [2.75, 3.05) is 68.8 Å². The van der Waals surface area contributed by atoms with Gasteiger partial charge in [-0.3, -0.25) is 9.69 Å². The van der Waals surface area contributed by atoms with Crippen LogP contribution in [0.3, 0.4) is 0 Å². The first-order chi connectivity index (χ1) is 21.2. The highest BCUT2D eigenvalue weighted by Crippen LogP contribution is 2.38. The number of allylic oxidation sites excluding steroid dienone is 1. The fourth-order valence-electron chi connectivity index (χ4n) is 4.20. The maximum absolute atomic E-state index is 13.1. The number of nitriles is 1. The number of aromatic nitrogens is 2. The van der Waals surface area contributed by atoms with Gasteiger partial charge < -0.3 is 29.9 Å². The van der Waals surface area contributed by atoms with Gasteiger partial charge in [-0.05, 0) is 50.6 Å². The van der Waals surface area contributed by atoms with Crippen molar-refractivity contribution in [1.82, 2.24) is 14.9 Å². The summed E-state index contributed by atoms with van der Waals surface area (Å²) in [5.74, 6) is 0.779. The number of anilines is 5. The number of hydrogen-bond acceptors (Lipinski definition) is 10. The minimum atomic E-state index is -0.571. The molecule has 1 aromatic heterocycles. The summed E-state index contributed by atoms with van der Waals surface area (Å²) < 4.78 is 11.1. The largest absolute Gasteiger partial charge is 0.494 e. The Hall–Kier alpha value is -5.15. The van der Waals surface area contributed by atoms with Crippen molar-refractivity contribution in [2.24, 2.45) is 5.92 Å². The molecule has 2 aromatic carbocycles. The maximum Gasteiger partial charge on any atom is 0.415 e. The lowest BCUT2D eigenvalue weighted by atomic mass is 10.1. The van der Waals surface area contributed by atoms with Crippen molar-refractivity contribution < 1.29 is 19.1 Å². The summed E-state index contributed by atoms with van der Waals surface area (Å²) in [5.41, 5.74) is 2.62. The molecule has 3 aromatic rings. The smallest absolute Gasteiger partial charge is 0.415 e. The van der Waals surface area contributed by atoms with Gasteiger partial charge in [0.15, 0.2) is 0 Å². The van der Waals surface area contributed by atoms with Gasteiger partial charge in [0.2, 0.25) is 5.95 Å². The number of likely N-dealkylation sites (N-methyl/N-ethyl adjacent to an activating group) is 2. The van der Waals surface area contributed by atoms with E-state index < -0.39 is 12.0 Å². The van der Waals surface area contributed by atoms with Crippen LogP contribution < -0.4 is 25.2 Å². The monoisotopic (exact) mass is 598 g/mol. The van der Waals surface area contributed by atoms with Crippen molar-refractivity contribution in [3.63, 3.8) is 0 Å². The van der Waals surface area contributed by atoms with Gasteiger partial charge in [-0.2, -0.15) is 10.2 Å². The number of carbonyl (C=O) groups excluding carboxylic acids is 2. The first kappa shape index (κ1) is 31.8. The minimum absolute atomic E-state index is 0.0814. The molecule has 1 saturated carbocycles. The van der Waals surface area contributed by atoms with E-state index in [9.17, 15) is 14.9 Å². The molecule has 0 saturated heterocycles. The normalized spacial score (nSPS) is 12.7. The predicted molar refractivity (Wildman–Crippen MR) is 170 cm³/mol. The summed E-state index contributed by atoms with van der Waals surface area (Å²) in [6.45, 7) is 1.58. The molecule has 44 heavy (non-hydrogen) atoms. The second-order valence-corrected chi connectivity index (χ2v) is 10.7. The Bertz CT molecular complexity index is 1530. The third-order valence-corrected chi connectivity index (χ3v) is 6.96. The zero-order valence-electron chi connectivity index (χ0n) is 25.7. The van der Waals surface area contributed by atoms with E-state index in [1.165, 1.54) is 11.1 Å². The van der Waals surface area contributed by atoms with Crippen molar-refractivity contribution in [1.29, 1.82) is 5.26 Å². The number of nitrogens with one attached hydrogen (secondary N) is 2. The first-order valence-corrected chi connectivity index (χ1v) is 14.2. The van der Waals surface area contributed by atoms with Crippen LogP contribution in [-0.4, -0.2) is 75.3 Å². The molecular formula is C32H38N8O4. The Balaban J connectivity index is 1.58. The lowest BCUT2D eigenvalue weighted by Crippen LogP contribution is -2.29. The molecule has 12 heteroatoms. The second kappa shape index (κ2) is 14.8. The third-order valence-electron chi connectivity index (χ3n) is 6.96. The Kier molecular flexibility index (Phi) is 10.7. The molecule has 1 fully saturated rings. The highest BCUT2D eigenvalue weighted by atomic mass is 16.6. The molecule has 0 radical (unpaired) electrons. The minimum Gasteiger partial charge on any atom is -0.494 e. The van der Waals surface area contributed by atoms with E-state index in [-0.39, 0.29) is 24.0 Å². The van der Waals surface area contributed by atoms with E-state index in [0.717, 1.165) is 24.9 Å². The Morgan fingerprint density at radius 3 is 2.48 bits per heavy atom. The lowest BCUT2D eigenvalue weighted by Gasteiger charge is -2.26. The highest BCUT2D eigenvalue weighted by Gasteiger charge is 2.23. The van der Waals surface area contributed by atoms with Crippen molar-refractivity contribution in [2.45, 2.75) is 19.4 Å². The lowest BCUT2D eigenvalue weighted by molar-refractivity contribution is -0.112. The van der Waals surface area contributed by atoms with E-state index in [0.29, 0.717) is 35.2 Å². The fourth-order valence-corrected chi connectivity index (χ4v) is 4.20. The van der Waals surface area contributed by atoms with Crippen LogP contribution in [-0.2, 0) is 16.1 Å². The Labute approximate surface area is 257 Å². The average Bonchev–Trinajstić information content (AvgIpc) is 3.86. The summed E-state index contributed by atoms with van der Waals surface area (Å²) in [4.78, 5) is 40.0. The van der Waals surface area contributed by atoms with Crippen LogP contribution in [0.5, 0.6) is 5.75 Å². The second-order valence-electron chi connectivity index (χ2n) is 10.7. The van der Waals surface area contributed by atoms with Crippen LogP contribution in [0.2, 0.25) is 0 Å². The summed E-state index contributed by atoms with van der Waals surface area (Å²) in [6.07, 6.45) is 4.64. The number of benzene rings is 2. The van der Waals surface area contributed by atoms with Crippen LogP contribution in [0.4, 0.5) is 33.6 Å². The van der Waals surface area contributed by atoms with Gasteiger partial charge in [0.25, 0.3) is 5.91 Å². The van der Waals surface area contributed by atoms with Crippen LogP contribution in [0.15, 0.2) is 66.4 Å². The summed E-state index contributed by atoms with van der Waals surface area (Å²) >= 11 is 0.